The van der Waals surface area contributed by atoms with Crippen LogP contribution in [0.4, 0.5) is 0 Å². The molecule has 1 aromatic rings. The minimum atomic E-state index is -0.692. The molecule has 1 unspecified atom stereocenters. The zero-order valence-corrected chi connectivity index (χ0v) is 11.5. The summed E-state index contributed by atoms with van der Waals surface area (Å²) >= 11 is 3.32. The number of terminal acetylenes is 1. The summed E-state index contributed by atoms with van der Waals surface area (Å²) in [6.45, 7) is 1.62. The molecule has 0 radical (unpaired) electrons. The van der Waals surface area contributed by atoms with Gasteiger partial charge in [-0.3, -0.25) is 4.79 Å². The van der Waals surface area contributed by atoms with Gasteiger partial charge < -0.3 is 15.2 Å². The lowest BCUT2D eigenvalue weighted by molar-refractivity contribution is -0.127. The van der Waals surface area contributed by atoms with Gasteiger partial charge in [-0.05, 0) is 28.9 Å². The quantitative estimate of drug-likeness (QED) is 0.809. The second-order valence-electron chi connectivity index (χ2n) is 3.57. The van der Waals surface area contributed by atoms with Crippen molar-refractivity contribution in [1.29, 1.82) is 0 Å². The molecule has 1 rings (SSSR count). The third-order valence-corrected chi connectivity index (χ3v) is 2.87. The Morgan fingerprint density at radius 1 is 1.67 bits per heavy atom. The second kappa shape index (κ2) is 7.04. The van der Waals surface area contributed by atoms with Gasteiger partial charge >= 0.3 is 0 Å². The zero-order chi connectivity index (χ0) is 13.5. The molecule has 1 amide bonds. The first kappa shape index (κ1) is 14.6. The van der Waals surface area contributed by atoms with Crippen molar-refractivity contribution in [2.45, 2.75) is 19.6 Å². The Morgan fingerprint density at radius 3 is 3.00 bits per heavy atom. The number of para-hydroxylation sites is 1. The molecule has 4 nitrogen and oxygen atoms in total. The van der Waals surface area contributed by atoms with E-state index in [1.54, 1.807) is 25.1 Å². The van der Waals surface area contributed by atoms with Gasteiger partial charge in [0.05, 0.1) is 17.6 Å². The predicted molar refractivity (Wildman–Crippen MR) is 72.0 cm³/mol. The van der Waals surface area contributed by atoms with Crippen LogP contribution in [0.25, 0.3) is 0 Å². The Morgan fingerprint density at radius 2 is 2.39 bits per heavy atom. The fourth-order valence-electron chi connectivity index (χ4n) is 1.32. The van der Waals surface area contributed by atoms with Crippen LogP contribution >= 0.6 is 15.9 Å². The van der Waals surface area contributed by atoms with Crippen molar-refractivity contribution in [3.63, 3.8) is 0 Å². The lowest BCUT2D eigenvalue weighted by Gasteiger charge is -2.17. The van der Waals surface area contributed by atoms with E-state index in [1.165, 1.54) is 0 Å². The SMILES string of the molecule is C#CCNC(=O)C(C)Oc1c(Br)cccc1CO. The molecular formula is C13H14BrNO3. The summed E-state index contributed by atoms with van der Waals surface area (Å²) in [6.07, 6.45) is 4.36. The van der Waals surface area contributed by atoms with Crippen molar-refractivity contribution in [1.82, 2.24) is 5.32 Å². The van der Waals surface area contributed by atoms with Gasteiger partial charge in [-0.2, -0.15) is 0 Å². The van der Waals surface area contributed by atoms with Crippen molar-refractivity contribution >= 4 is 21.8 Å². The maximum atomic E-state index is 11.6. The van der Waals surface area contributed by atoms with Gasteiger partial charge in [0.15, 0.2) is 6.10 Å². The number of ether oxygens (including phenoxy) is 1. The van der Waals surface area contributed by atoms with E-state index in [0.29, 0.717) is 15.8 Å². The van der Waals surface area contributed by atoms with Crippen molar-refractivity contribution in [2.24, 2.45) is 0 Å². The van der Waals surface area contributed by atoms with Crippen LogP contribution in [0.3, 0.4) is 0 Å². The van der Waals surface area contributed by atoms with Crippen LogP contribution < -0.4 is 10.1 Å². The molecule has 96 valence electrons. The van der Waals surface area contributed by atoms with Crippen LogP contribution in [0, 0.1) is 12.3 Å². The standard InChI is InChI=1S/C13H14BrNO3/c1-3-7-15-13(17)9(2)18-12-10(8-16)5-4-6-11(12)14/h1,4-6,9,16H,7-8H2,2H3,(H,15,17). The van der Waals surface area contributed by atoms with Gasteiger partial charge in [0.1, 0.15) is 5.75 Å². The van der Waals surface area contributed by atoms with E-state index in [4.69, 9.17) is 11.2 Å². The fraction of sp³-hybridized carbons (Fsp3) is 0.308. The average molecular weight is 312 g/mol. The molecule has 0 saturated carbocycles. The molecule has 1 atom stereocenters. The lowest BCUT2D eigenvalue weighted by atomic mass is 10.2. The van der Waals surface area contributed by atoms with Gasteiger partial charge in [-0.15, -0.1) is 6.42 Å². The molecule has 0 bridgehead atoms. The number of hydrogen-bond acceptors (Lipinski definition) is 3. The summed E-state index contributed by atoms with van der Waals surface area (Å²) in [5.41, 5.74) is 0.612. The first-order chi connectivity index (χ1) is 8.60. The first-order valence-corrected chi connectivity index (χ1v) is 6.15. The van der Waals surface area contributed by atoms with E-state index in [-0.39, 0.29) is 19.1 Å². The lowest BCUT2D eigenvalue weighted by Crippen LogP contribution is -2.36. The van der Waals surface area contributed by atoms with Gasteiger partial charge in [0.2, 0.25) is 0 Å². The third kappa shape index (κ3) is 3.76. The first-order valence-electron chi connectivity index (χ1n) is 5.36. The number of aliphatic hydroxyl groups is 1. The van der Waals surface area contributed by atoms with E-state index in [2.05, 4.69) is 27.2 Å². The van der Waals surface area contributed by atoms with E-state index in [0.717, 1.165) is 0 Å². The highest BCUT2D eigenvalue weighted by Gasteiger charge is 2.17. The van der Waals surface area contributed by atoms with Crippen LogP contribution in [0.1, 0.15) is 12.5 Å². The predicted octanol–water partition coefficient (Wildman–Crippen LogP) is 1.46. The van der Waals surface area contributed by atoms with Crippen LogP contribution in [-0.4, -0.2) is 23.7 Å². The number of aliphatic hydroxyl groups excluding tert-OH is 1. The van der Waals surface area contributed by atoms with Crippen molar-refractivity contribution in [2.75, 3.05) is 6.54 Å². The molecule has 0 fully saturated rings. The van der Waals surface area contributed by atoms with Crippen molar-refractivity contribution < 1.29 is 14.6 Å². The highest BCUT2D eigenvalue weighted by Crippen LogP contribution is 2.29. The minimum Gasteiger partial charge on any atom is -0.479 e. The number of rotatable bonds is 5. The molecule has 5 heteroatoms. The molecule has 0 spiro atoms. The molecule has 0 saturated heterocycles. The topological polar surface area (TPSA) is 58.6 Å². The number of benzene rings is 1. The smallest absolute Gasteiger partial charge is 0.261 e. The summed E-state index contributed by atoms with van der Waals surface area (Å²) in [5.74, 6) is 2.48. The van der Waals surface area contributed by atoms with Gasteiger partial charge in [-0.25, -0.2) is 0 Å². The molecule has 18 heavy (non-hydrogen) atoms. The highest BCUT2D eigenvalue weighted by molar-refractivity contribution is 9.10. The van der Waals surface area contributed by atoms with Gasteiger partial charge in [0, 0.05) is 5.56 Å². The second-order valence-corrected chi connectivity index (χ2v) is 4.42. The molecule has 0 aliphatic rings. The summed E-state index contributed by atoms with van der Waals surface area (Å²) < 4.78 is 6.22. The monoisotopic (exact) mass is 311 g/mol. The van der Waals surface area contributed by atoms with Crippen LogP contribution in [0.15, 0.2) is 22.7 Å². The normalized spacial score (nSPS) is 11.4. The molecule has 0 aliphatic carbocycles. The Labute approximate surface area is 114 Å². The van der Waals surface area contributed by atoms with Crippen LogP contribution in [-0.2, 0) is 11.4 Å². The fourth-order valence-corrected chi connectivity index (χ4v) is 1.82. The van der Waals surface area contributed by atoms with E-state index in [9.17, 15) is 9.90 Å². The van der Waals surface area contributed by atoms with E-state index < -0.39 is 6.10 Å². The Hall–Kier alpha value is -1.51. The largest absolute Gasteiger partial charge is 0.479 e. The number of hydrogen-bond donors (Lipinski definition) is 2. The molecule has 1 aromatic carbocycles. The molecule has 0 aromatic heterocycles. The molecule has 0 heterocycles. The summed E-state index contributed by atoms with van der Waals surface area (Å²) in [7, 11) is 0. The minimum absolute atomic E-state index is 0.159. The number of amides is 1. The maximum absolute atomic E-state index is 11.6. The average Bonchev–Trinajstić information content (AvgIpc) is 2.38. The van der Waals surface area contributed by atoms with E-state index >= 15 is 0 Å². The van der Waals surface area contributed by atoms with E-state index in [1.807, 2.05) is 0 Å². The number of nitrogens with one attached hydrogen (secondary N) is 1. The Bertz CT molecular complexity index is 468. The van der Waals surface area contributed by atoms with Crippen LogP contribution in [0.2, 0.25) is 0 Å². The van der Waals surface area contributed by atoms with Crippen LogP contribution in [0.5, 0.6) is 5.75 Å². The molecule has 2 N–H and O–H groups in total. The van der Waals surface area contributed by atoms with Gasteiger partial charge in [0.25, 0.3) is 5.91 Å². The zero-order valence-electron chi connectivity index (χ0n) is 9.94. The number of carbonyl (C=O) groups is 1. The third-order valence-electron chi connectivity index (χ3n) is 2.25. The van der Waals surface area contributed by atoms with Crippen molar-refractivity contribution in [3.8, 4) is 18.1 Å². The van der Waals surface area contributed by atoms with Gasteiger partial charge in [-0.1, -0.05) is 18.1 Å². The van der Waals surface area contributed by atoms with Crippen molar-refractivity contribution in [3.05, 3.63) is 28.2 Å². The number of halogens is 1. The summed E-state index contributed by atoms with van der Waals surface area (Å²) in [4.78, 5) is 11.6. The highest BCUT2D eigenvalue weighted by atomic mass is 79.9. The molecule has 0 aliphatic heterocycles. The summed E-state index contributed by atoms with van der Waals surface area (Å²) in [5, 5.41) is 11.7. The Kier molecular flexibility index (Phi) is 5.69. The summed E-state index contributed by atoms with van der Waals surface area (Å²) in [6, 6.07) is 5.29. The maximum Gasteiger partial charge on any atom is 0.261 e. The number of carbonyl (C=O) groups excluding carboxylic acids is 1. The Balaban J connectivity index is 2.78. The molecular weight excluding hydrogens is 298 g/mol.